The van der Waals surface area contributed by atoms with Gasteiger partial charge in [0.25, 0.3) is 10.1 Å². The largest absolute Gasteiger partial charge is 0.393 e. The fourth-order valence-corrected chi connectivity index (χ4v) is 4.04. The van der Waals surface area contributed by atoms with Gasteiger partial charge in [0.1, 0.15) is 0 Å². The van der Waals surface area contributed by atoms with E-state index in [2.05, 4.69) is 6.92 Å². The van der Waals surface area contributed by atoms with Gasteiger partial charge < -0.3 is 5.11 Å². The minimum absolute atomic E-state index is 0.168. The molecule has 0 aromatic rings. The maximum absolute atomic E-state index is 11.4. The second kappa shape index (κ2) is 15.2. The molecule has 0 heterocycles. The third kappa shape index (κ3) is 15.4. The summed E-state index contributed by atoms with van der Waals surface area (Å²) < 4.78 is 32.1. The molecule has 146 valence electrons. The van der Waals surface area contributed by atoms with Crippen LogP contribution < -0.4 is 0 Å². The summed E-state index contributed by atoms with van der Waals surface area (Å²) in [6, 6.07) is 0. The fraction of sp³-hybridized carbons (Fsp3) is 1.00. The summed E-state index contributed by atoms with van der Waals surface area (Å²) in [5.41, 5.74) is 0. The topological polar surface area (TPSA) is 74.6 Å². The predicted molar refractivity (Wildman–Crippen MR) is 102 cm³/mol. The van der Waals surface area contributed by atoms with Crippen molar-refractivity contribution in [2.75, 3.05) is 0 Å². The van der Waals surface area contributed by atoms with Crippen molar-refractivity contribution in [3.8, 4) is 0 Å². The molecule has 0 aromatic heterocycles. The monoisotopic (exact) mass is 364 g/mol. The van der Waals surface area contributed by atoms with Gasteiger partial charge in [-0.3, -0.25) is 4.55 Å². The van der Waals surface area contributed by atoms with Crippen molar-refractivity contribution in [1.29, 1.82) is 0 Å². The zero-order chi connectivity index (χ0) is 18.3. The van der Waals surface area contributed by atoms with Crippen LogP contribution in [0.5, 0.6) is 0 Å². The maximum atomic E-state index is 11.4. The van der Waals surface area contributed by atoms with Gasteiger partial charge in [-0.2, -0.15) is 8.42 Å². The van der Waals surface area contributed by atoms with E-state index in [0.29, 0.717) is 12.8 Å². The smallest absolute Gasteiger partial charge is 0.267 e. The van der Waals surface area contributed by atoms with Crippen molar-refractivity contribution in [3.63, 3.8) is 0 Å². The van der Waals surface area contributed by atoms with Gasteiger partial charge in [0, 0.05) is 0 Å². The Morgan fingerprint density at radius 1 is 0.708 bits per heavy atom. The molecule has 0 aromatic carbocycles. The average molecular weight is 365 g/mol. The van der Waals surface area contributed by atoms with Gasteiger partial charge in [-0.1, -0.05) is 84.0 Å². The van der Waals surface area contributed by atoms with Crippen molar-refractivity contribution < 1.29 is 18.1 Å². The van der Waals surface area contributed by atoms with Crippen LogP contribution in [0.2, 0.25) is 0 Å². The van der Waals surface area contributed by atoms with Crippen LogP contribution in [0.15, 0.2) is 0 Å². The molecule has 5 heteroatoms. The highest BCUT2D eigenvalue weighted by Crippen LogP contribution is 2.18. The molecule has 0 bridgehead atoms. The summed E-state index contributed by atoms with van der Waals surface area (Å²) in [5.74, 6) is 0. The Balaban J connectivity index is 3.55. The van der Waals surface area contributed by atoms with E-state index in [1.54, 1.807) is 0 Å². The van der Waals surface area contributed by atoms with E-state index < -0.39 is 15.4 Å². The minimum atomic E-state index is -3.88. The Hall–Kier alpha value is -0.130. The molecule has 0 radical (unpaired) electrons. The van der Waals surface area contributed by atoms with Gasteiger partial charge >= 0.3 is 0 Å². The second-order valence-electron chi connectivity index (χ2n) is 7.24. The van der Waals surface area contributed by atoms with Gasteiger partial charge in [-0.05, 0) is 26.2 Å². The number of hydrogen-bond acceptors (Lipinski definition) is 3. The summed E-state index contributed by atoms with van der Waals surface area (Å²) in [6.07, 6.45) is 15.3. The predicted octanol–water partition coefficient (Wildman–Crippen LogP) is 5.50. The number of aliphatic hydroxyl groups excluding tert-OH is 1. The van der Waals surface area contributed by atoms with Crippen molar-refractivity contribution >= 4 is 10.1 Å². The van der Waals surface area contributed by atoms with Crippen LogP contribution in [0.3, 0.4) is 0 Å². The first-order valence-corrected chi connectivity index (χ1v) is 11.5. The van der Waals surface area contributed by atoms with Crippen molar-refractivity contribution in [1.82, 2.24) is 0 Å². The SMILES string of the molecule is CCCCCC(CCCCCCCCCCCC(C)O)S(=O)(=O)O. The summed E-state index contributed by atoms with van der Waals surface area (Å²) in [4.78, 5) is 0. The summed E-state index contributed by atoms with van der Waals surface area (Å²) in [5, 5.41) is 8.61. The molecule has 4 nitrogen and oxygen atoms in total. The molecule has 0 aliphatic heterocycles. The molecular weight excluding hydrogens is 324 g/mol. The van der Waals surface area contributed by atoms with E-state index in [1.165, 1.54) is 32.1 Å². The fourth-order valence-electron chi connectivity index (χ4n) is 3.11. The van der Waals surface area contributed by atoms with Crippen LogP contribution in [-0.4, -0.2) is 29.4 Å². The molecule has 2 N–H and O–H groups in total. The first-order valence-electron chi connectivity index (χ1n) is 10.0. The van der Waals surface area contributed by atoms with Crippen LogP contribution in [0.1, 0.15) is 110 Å². The number of unbranched alkanes of at least 4 members (excludes halogenated alkanes) is 10. The quantitative estimate of drug-likeness (QED) is 0.264. The molecule has 0 saturated heterocycles. The van der Waals surface area contributed by atoms with Crippen LogP contribution in [0, 0.1) is 0 Å². The molecule has 0 fully saturated rings. The number of hydrogen-bond donors (Lipinski definition) is 2. The lowest BCUT2D eigenvalue weighted by molar-refractivity contribution is 0.180. The third-order valence-corrected chi connectivity index (χ3v) is 6.01. The average Bonchev–Trinajstić information content (AvgIpc) is 2.49. The van der Waals surface area contributed by atoms with Gasteiger partial charge in [-0.25, -0.2) is 0 Å². The highest BCUT2D eigenvalue weighted by Gasteiger charge is 2.21. The molecule has 0 spiro atoms. The Kier molecular flexibility index (Phi) is 15.1. The lowest BCUT2D eigenvalue weighted by Gasteiger charge is -2.13. The lowest BCUT2D eigenvalue weighted by Crippen LogP contribution is -2.20. The number of rotatable bonds is 17. The minimum Gasteiger partial charge on any atom is -0.393 e. The molecule has 0 aliphatic rings. The highest BCUT2D eigenvalue weighted by molar-refractivity contribution is 7.86. The van der Waals surface area contributed by atoms with Crippen molar-refractivity contribution in [2.24, 2.45) is 0 Å². The third-order valence-electron chi connectivity index (χ3n) is 4.70. The van der Waals surface area contributed by atoms with Gasteiger partial charge in [-0.15, -0.1) is 0 Å². The molecule has 0 rings (SSSR count). The molecular formula is C19H40O4S. The van der Waals surface area contributed by atoms with E-state index in [4.69, 9.17) is 0 Å². The molecule has 0 amide bonds. The van der Waals surface area contributed by atoms with Crippen LogP contribution in [-0.2, 0) is 10.1 Å². The normalized spacial score (nSPS) is 14.7. The summed E-state index contributed by atoms with van der Waals surface area (Å²) >= 11 is 0. The molecule has 0 saturated carbocycles. The van der Waals surface area contributed by atoms with Gasteiger partial charge in [0.05, 0.1) is 11.4 Å². The molecule has 24 heavy (non-hydrogen) atoms. The van der Waals surface area contributed by atoms with Crippen molar-refractivity contribution in [3.05, 3.63) is 0 Å². The van der Waals surface area contributed by atoms with E-state index in [-0.39, 0.29) is 6.10 Å². The zero-order valence-corrected chi connectivity index (χ0v) is 16.7. The Morgan fingerprint density at radius 3 is 1.46 bits per heavy atom. The summed E-state index contributed by atoms with van der Waals surface area (Å²) in [7, 11) is -3.88. The second-order valence-corrected chi connectivity index (χ2v) is 8.94. The zero-order valence-electron chi connectivity index (χ0n) is 15.9. The van der Waals surface area contributed by atoms with E-state index >= 15 is 0 Å². The van der Waals surface area contributed by atoms with E-state index in [0.717, 1.165) is 51.4 Å². The van der Waals surface area contributed by atoms with Crippen LogP contribution in [0.25, 0.3) is 0 Å². The number of aliphatic hydroxyl groups is 1. The first-order chi connectivity index (χ1) is 11.4. The van der Waals surface area contributed by atoms with Crippen LogP contribution >= 0.6 is 0 Å². The molecule has 0 aliphatic carbocycles. The Labute approximate surface area is 150 Å². The van der Waals surface area contributed by atoms with Crippen LogP contribution in [0.4, 0.5) is 0 Å². The molecule has 2 atom stereocenters. The van der Waals surface area contributed by atoms with E-state index in [1.807, 2.05) is 6.92 Å². The lowest BCUT2D eigenvalue weighted by atomic mass is 10.0. The van der Waals surface area contributed by atoms with E-state index in [9.17, 15) is 18.1 Å². The molecule has 2 unspecified atom stereocenters. The van der Waals surface area contributed by atoms with Gasteiger partial charge in [0.2, 0.25) is 0 Å². The summed E-state index contributed by atoms with van der Waals surface area (Å²) in [6.45, 7) is 3.94. The van der Waals surface area contributed by atoms with Gasteiger partial charge in [0.15, 0.2) is 0 Å². The maximum Gasteiger partial charge on any atom is 0.267 e. The Bertz CT molecular complexity index is 366. The Morgan fingerprint density at radius 2 is 1.08 bits per heavy atom. The first kappa shape index (κ1) is 23.9. The standard InChI is InChI=1S/C19H40O4S/c1-3-4-12-16-19(24(21,22)23)17-14-11-9-7-5-6-8-10-13-15-18(2)20/h18-20H,3-17H2,1-2H3,(H,21,22,23). The highest BCUT2D eigenvalue weighted by atomic mass is 32.2. The van der Waals surface area contributed by atoms with Crippen molar-refractivity contribution in [2.45, 2.75) is 122 Å².